The number of anilines is 3. The maximum atomic E-state index is 14.5. The van der Waals surface area contributed by atoms with E-state index in [4.69, 9.17) is 55.3 Å². The molecule has 11 aromatic rings. The maximum Gasteiger partial charge on any atom is 0.251 e. The van der Waals surface area contributed by atoms with E-state index in [1.807, 2.05) is 36.4 Å². The Kier molecular flexibility index (Phi) is 11.0. The molecule has 5 aliphatic rings. The van der Waals surface area contributed by atoms with Crippen LogP contribution in [0.2, 0.25) is 0 Å². The first-order valence-corrected chi connectivity index (χ1v) is 27.7. The van der Waals surface area contributed by atoms with Gasteiger partial charge < -0.3 is 26.4 Å². The number of fused-ring (bicyclic) bond motifs is 15. The van der Waals surface area contributed by atoms with Gasteiger partial charge in [-0.1, -0.05) is 24.3 Å². The zero-order valence-corrected chi connectivity index (χ0v) is 43.8. The number of pyridine rings is 5. The third kappa shape index (κ3) is 8.33. The number of nitrogens with zero attached hydrogens (tertiary/aromatic N) is 13. The molecule has 0 radical (unpaired) electrons. The summed E-state index contributed by atoms with van der Waals surface area (Å²) in [7, 11) is 0. The number of amides is 1. The van der Waals surface area contributed by atoms with E-state index in [1.165, 1.54) is 0 Å². The lowest BCUT2D eigenvalue weighted by Gasteiger charge is -2.23. The highest BCUT2D eigenvalue weighted by atomic mass is 16.5. The first-order chi connectivity index (χ1) is 39.3. The van der Waals surface area contributed by atoms with E-state index >= 15 is 0 Å². The fourth-order valence-electron chi connectivity index (χ4n) is 12.5. The molecule has 1 amide bonds. The molecule has 8 aromatic heterocycles. The third-order valence-electron chi connectivity index (χ3n) is 16.3. The molecule has 3 aliphatic heterocycles. The number of hydrogen-bond donors (Lipinski definition) is 4. The second-order valence-corrected chi connectivity index (χ2v) is 21.9. The van der Waals surface area contributed by atoms with Crippen molar-refractivity contribution in [1.29, 1.82) is 0 Å². The fraction of sp³-hybridized carbons (Fsp3) is 0.279. The van der Waals surface area contributed by atoms with E-state index in [-0.39, 0.29) is 18.5 Å². The number of rotatable bonds is 6. The van der Waals surface area contributed by atoms with E-state index in [0.717, 1.165) is 185 Å². The summed E-state index contributed by atoms with van der Waals surface area (Å²) in [5, 5.41) is 13.3. The standard InChI is InChI=1S/C61H53N17O2/c62-61-75-58-57(64-31-65-58)60(76-61)80-30-33-11-9-32(10-12-33)23-63-59(79)34-21-39-28-77-24-35-13-17-41-49(67-35)50-42(54-53(41)71-45-5-1-2-6-46(45)72-54)18-14-36(68-50)25-78(29-40(22-34)66-39)27-38-16-20-44-52(70-38)51-43(19-15-37(26-77)69-51)55-56(44)74-48-8-4-3-7-47(48)73-55/h9-22,64H,1-8,23-31H2,(H,63,79)(H3,62,65,75,76). The predicted molar refractivity (Wildman–Crippen MR) is 304 cm³/mol. The second-order valence-electron chi connectivity index (χ2n) is 21.9. The Morgan fingerprint density at radius 3 is 1.34 bits per heavy atom. The molecule has 80 heavy (non-hydrogen) atoms. The molecule has 19 nitrogen and oxygen atoms in total. The molecule has 0 saturated heterocycles. The summed E-state index contributed by atoms with van der Waals surface area (Å²) in [6.45, 7) is 3.73. The minimum atomic E-state index is -0.205. The zero-order chi connectivity index (χ0) is 53.0. The Hall–Kier alpha value is -9.20. The van der Waals surface area contributed by atoms with Gasteiger partial charge in [0.1, 0.15) is 12.3 Å². The monoisotopic (exact) mass is 1060 g/mol. The van der Waals surface area contributed by atoms with Gasteiger partial charge in [0.15, 0.2) is 5.82 Å². The van der Waals surface area contributed by atoms with Crippen LogP contribution in [0.4, 0.5) is 17.5 Å². The van der Waals surface area contributed by atoms with Crippen molar-refractivity contribution in [2.24, 2.45) is 0 Å². The fourth-order valence-corrected chi connectivity index (χ4v) is 12.5. The molecular weight excluding hydrogens is 1000 g/mol. The Bertz CT molecular complexity index is 4040. The van der Waals surface area contributed by atoms with Gasteiger partial charge in [0, 0.05) is 72.9 Å². The molecule has 394 valence electrons. The highest BCUT2D eigenvalue weighted by molar-refractivity contribution is 6.21. The lowest BCUT2D eigenvalue weighted by atomic mass is 9.99. The summed E-state index contributed by atoms with van der Waals surface area (Å²) in [4.78, 5) is 76.4. The van der Waals surface area contributed by atoms with Crippen LogP contribution in [0.15, 0.2) is 84.9 Å². The van der Waals surface area contributed by atoms with Crippen molar-refractivity contribution in [2.75, 3.05) is 23.0 Å². The molecule has 0 unspecified atom stereocenters. The van der Waals surface area contributed by atoms with Gasteiger partial charge in [0.25, 0.3) is 5.91 Å². The molecule has 0 spiro atoms. The normalized spacial score (nSPS) is 17.4. The highest BCUT2D eigenvalue weighted by Crippen LogP contribution is 2.38. The zero-order valence-electron chi connectivity index (χ0n) is 43.8. The Morgan fingerprint density at radius 1 is 0.475 bits per heavy atom. The van der Waals surface area contributed by atoms with Crippen molar-refractivity contribution in [3.63, 3.8) is 0 Å². The topological polar surface area (TPSA) is 237 Å². The molecule has 0 saturated carbocycles. The van der Waals surface area contributed by atoms with Crippen LogP contribution >= 0.6 is 0 Å². The minimum Gasteiger partial charge on any atom is -0.471 e. The summed E-state index contributed by atoms with van der Waals surface area (Å²) >= 11 is 0. The lowest BCUT2D eigenvalue weighted by molar-refractivity contribution is 0.0950. The minimum absolute atomic E-state index is 0.135. The van der Waals surface area contributed by atoms with Crippen LogP contribution in [-0.4, -0.2) is 77.2 Å². The van der Waals surface area contributed by atoms with Crippen molar-refractivity contribution in [2.45, 2.75) is 104 Å². The number of nitrogens with one attached hydrogen (secondary N) is 3. The number of carbonyl (C=O) groups is 1. The van der Waals surface area contributed by atoms with E-state index in [0.29, 0.717) is 75.4 Å². The van der Waals surface area contributed by atoms with Crippen LogP contribution in [0.3, 0.4) is 0 Å². The maximum absolute atomic E-state index is 14.5. The van der Waals surface area contributed by atoms with Crippen LogP contribution in [0.25, 0.3) is 65.7 Å². The van der Waals surface area contributed by atoms with Gasteiger partial charge in [0.05, 0.1) is 108 Å². The van der Waals surface area contributed by atoms with Gasteiger partial charge >= 0.3 is 0 Å². The van der Waals surface area contributed by atoms with Gasteiger partial charge in [-0.2, -0.15) is 9.97 Å². The molecule has 11 heterocycles. The SMILES string of the molecule is Nc1nc2c(c(OCc3ccc(CNC(=O)c4cc5nc(c4)CN4Cc6ccc7c(n6)c6nc(ccc6c6nc8c(nc76)CCCC8)CN(C5)Cc5ccc6c(n5)c5nc(ccc5c5nc7c(nc65)CCCC7)C4)cc3)n1)NCN2. The predicted octanol–water partition coefficient (Wildman–Crippen LogP) is 8.63. The summed E-state index contributed by atoms with van der Waals surface area (Å²) in [5.74, 6) is 0.938. The summed E-state index contributed by atoms with van der Waals surface area (Å²) < 4.78 is 6.07. The van der Waals surface area contributed by atoms with E-state index < -0.39 is 0 Å². The van der Waals surface area contributed by atoms with Crippen molar-refractivity contribution in [3.05, 3.63) is 159 Å². The smallest absolute Gasteiger partial charge is 0.251 e. The van der Waals surface area contributed by atoms with Crippen LogP contribution in [0.5, 0.6) is 5.88 Å². The first kappa shape index (κ1) is 46.9. The van der Waals surface area contributed by atoms with Crippen LogP contribution in [-0.2, 0) is 78.1 Å². The summed E-state index contributed by atoms with van der Waals surface area (Å²) in [5.41, 5.74) is 25.0. The van der Waals surface area contributed by atoms with Crippen molar-refractivity contribution in [1.82, 2.24) is 69.9 Å². The van der Waals surface area contributed by atoms with Crippen LogP contribution in [0, 0.1) is 0 Å². The third-order valence-corrected chi connectivity index (χ3v) is 16.3. The number of ether oxygens (including phenoxy) is 1. The van der Waals surface area contributed by atoms with Gasteiger partial charge in [-0.3, -0.25) is 19.6 Å². The molecule has 5 N–H and O–H groups in total. The second kappa shape index (κ2) is 18.7. The van der Waals surface area contributed by atoms with E-state index in [2.05, 4.69) is 84.2 Å². The molecular formula is C61H53N17O2. The van der Waals surface area contributed by atoms with E-state index in [9.17, 15) is 4.79 Å². The first-order valence-electron chi connectivity index (χ1n) is 27.7. The number of aryl methyl sites for hydroxylation is 4. The van der Waals surface area contributed by atoms with Gasteiger partial charge in [-0.05, 0) is 123 Å². The van der Waals surface area contributed by atoms with Crippen molar-refractivity contribution < 1.29 is 9.53 Å². The Balaban J connectivity index is 0.795. The summed E-state index contributed by atoms with van der Waals surface area (Å²) in [6.07, 6.45) is 8.14. The summed E-state index contributed by atoms with van der Waals surface area (Å²) in [6, 6.07) is 28.9. The molecule has 3 aromatic carbocycles. The largest absolute Gasteiger partial charge is 0.471 e. The molecule has 0 atom stereocenters. The van der Waals surface area contributed by atoms with Crippen molar-refractivity contribution in [3.8, 4) is 5.88 Å². The molecule has 12 bridgehead atoms. The number of aromatic nitrogens is 11. The quantitative estimate of drug-likeness (QED) is 0.114. The van der Waals surface area contributed by atoms with Crippen LogP contribution in [0.1, 0.15) is 104 Å². The molecule has 2 aliphatic carbocycles. The number of benzene rings is 3. The van der Waals surface area contributed by atoms with Crippen LogP contribution < -0.4 is 26.4 Å². The Morgan fingerprint density at radius 2 is 0.887 bits per heavy atom. The number of nitrogen functional groups attached to an aromatic ring is 1. The number of hydrogen-bond acceptors (Lipinski definition) is 18. The van der Waals surface area contributed by atoms with Gasteiger partial charge in [0.2, 0.25) is 11.8 Å². The van der Waals surface area contributed by atoms with Crippen molar-refractivity contribution >= 4 is 89.0 Å². The number of nitrogens with two attached hydrogens (primary N) is 1. The van der Waals surface area contributed by atoms with E-state index in [1.54, 1.807) is 0 Å². The highest BCUT2D eigenvalue weighted by Gasteiger charge is 2.26. The Labute approximate surface area is 457 Å². The average molecular weight is 1060 g/mol. The lowest BCUT2D eigenvalue weighted by Crippen LogP contribution is -2.27. The molecule has 19 heteroatoms. The van der Waals surface area contributed by atoms with Gasteiger partial charge in [-0.25, -0.2) is 39.9 Å². The van der Waals surface area contributed by atoms with Gasteiger partial charge in [-0.15, -0.1) is 0 Å². The molecule has 0 fully saturated rings. The molecule has 16 rings (SSSR count). The number of carbonyl (C=O) groups excluding carboxylic acids is 1. The average Bonchev–Trinajstić information content (AvgIpc) is 4.11.